The second kappa shape index (κ2) is 12.9. The SMILES string of the molecule is C[C@H](C(=O)NC1CCCCC1)N(Cc1ccc(Cl)c(Cl)c1)C(=O)CCCOc1ccccc1. The molecule has 0 heterocycles. The summed E-state index contributed by atoms with van der Waals surface area (Å²) in [7, 11) is 0. The van der Waals surface area contributed by atoms with Gasteiger partial charge in [0.15, 0.2) is 0 Å². The van der Waals surface area contributed by atoms with Crippen molar-refractivity contribution in [3.05, 3.63) is 64.1 Å². The number of hydrogen-bond donors (Lipinski definition) is 1. The van der Waals surface area contributed by atoms with Crippen molar-refractivity contribution in [3.63, 3.8) is 0 Å². The molecule has 0 aliphatic heterocycles. The van der Waals surface area contributed by atoms with Crippen molar-refractivity contribution >= 4 is 35.0 Å². The van der Waals surface area contributed by atoms with Crippen LogP contribution in [0.3, 0.4) is 0 Å². The lowest BCUT2D eigenvalue weighted by Crippen LogP contribution is -2.50. The van der Waals surface area contributed by atoms with Crippen LogP contribution in [0.25, 0.3) is 0 Å². The third-order valence-corrected chi connectivity index (χ3v) is 6.74. The van der Waals surface area contributed by atoms with Crippen molar-refractivity contribution in [1.29, 1.82) is 0 Å². The molecule has 178 valence electrons. The van der Waals surface area contributed by atoms with E-state index in [0.717, 1.165) is 37.0 Å². The molecule has 3 rings (SSSR count). The van der Waals surface area contributed by atoms with Crippen molar-refractivity contribution in [2.45, 2.75) is 70.5 Å². The number of carbonyl (C=O) groups is 2. The van der Waals surface area contributed by atoms with Crippen LogP contribution >= 0.6 is 23.2 Å². The Morgan fingerprint density at radius 1 is 1.06 bits per heavy atom. The number of nitrogens with one attached hydrogen (secondary N) is 1. The zero-order chi connectivity index (χ0) is 23.6. The predicted octanol–water partition coefficient (Wildman–Crippen LogP) is 6.02. The van der Waals surface area contributed by atoms with E-state index in [2.05, 4.69) is 5.32 Å². The maximum atomic E-state index is 13.2. The first kappa shape index (κ1) is 25.4. The maximum Gasteiger partial charge on any atom is 0.242 e. The van der Waals surface area contributed by atoms with Gasteiger partial charge in [-0.2, -0.15) is 0 Å². The number of halogens is 2. The first-order valence-electron chi connectivity index (χ1n) is 11.7. The summed E-state index contributed by atoms with van der Waals surface area (Å²) in [6.07, 6.45) is 6.32. The van der Waals surface area contributed by atoms with Gasteiger partial charge in [-0.1, -0.05) is 66.7 Å². The molecule has 5 nitrogen and oxygen atoms in total. The normalized spacial score (nSPS) is 15.0. The summed E-state index contributed by atoms with van der Waals surface area (Å²) in [6, 6.07) is 14.4. The second-order valence-electron chi connectivity index (χ2n) is 8.55. The van der Waals surface area contributed by atoms with Gasteiger partial charge in [0.05, 0.1) is 16.7 Å². The van der Waals surface area contributed by atoms with E-state index in [1.165, 1.54) is 6.42 Å². The second-order valence-corrected chi connectivity index (χ2v) is 9.37. The summed E-state index contributed by atoms with van der Waals surface area (Å²) in [5.74, 6) is 0.567. The summed E-state index contributed by atoms with van der Waals surface area (Å²) in [5.41, 5.74) is 0.829. The molecule has 1 aliphatic carbocycles. The minimum atomic E-state index is -0.594. The average molecular weight is 491 g/mol. The van der Waals surface area contributed by atoms with E-state index in [4.69, 9.17) is 27.9 Å². The van der Waals surface area contributed by atoms with Crippen molar-refractivity contribution in [2.75, 3.05) is 6.61 Å². The van der Waals surface area contributed by atoms with Crippen LogP contribution in [0.1, 0.15) is 57.4 Å². The van der Waals surface area contributed by atoms with Crippen LogP contribution in [-0.4, -0.2) is 35.4 Å². The molecule has 2 aromatic carbocycles. The summed E-state index contributed by atoms with van der Waals surface area (Å²) in [4.78, 5) is 27.8. The number of carbonyl (C=O) groups excluding carboxylic acids is 2. The van der Waals surface area contributed by atoms with Gasteiger partial charge in [-0.25, -0.2) is 0 Å². The highest BCUT2D eigenvalue weighted by Gasteiger charge is 2.28. The Labute approximate surface area is 206 Å². The molecule has 1 saturated carbocycles. The van der Waals surface area contributed by atoms with Crippen molar-refractivity contribution < 1.29 is 14.3 Å². The molecule has 0 saturated heterocycles. The molecule has 2 amide bonds. The van der Waals surface area contributed by atoms with Crippen LogP contribution in [-0.2, 0) is 16.1 Å². The number of rotatable bonds is 10. The van der Waals surface area contributed by atoms with Crippen molar-refractivity contribution in [3.8, 4) is 5.75 Å². The van der Waals surface area contributed by atoms with Gasteiger partial charge in [0.2, 0.25) is 11.8 Å². The minimum absolute atomic E-state index is 0.0935. The Morgan fingerprint density at radius 2 is 1.79 bits per heavy atom. The molecule has 0 spiro atoms. The first-order chi connectivity index (χ1) is 15.9. The monoisotopic (exact) mass is 490 g/mol. The largest absolute Gasteiger partial charge is 0.494 e. The van der Waals surface area contributed by atoms with E-state index in [1.54, 1.807) is 24.0 Å². The summed E-state index contributed by atoms with van der Waals surface area (Å²) in [5, 5.41) is 4.03. The molecule has 2 aromatic rings. The predicted molar refractivity (Wildman–Crippen MR) is 133 cm³/mol. The number of para-hydroxylation sites is 1. The molecule has 1 N–H and O–H groups in total. The molecule has 7 heteroatoms. The minimum Gasteiger partial charge on any atom is -0.494 e. The molecular weight excluding hydrogens is 459 g/mol. The molecule has 1 aliphatic rings. The molecule has 0 radical (unpaired) electrons. The van der Waals surface area contributed by atoms with E-state index >= 15 is 0 Å². The number of benzene rings is 2. The van der Waals surface area contributed by atoms with Gasteiger partial charge in [-0.15, -0.1) is 0 Å². The van der Waals surface area contributed by atoms with Gasteiger partial charge < -0.3 is 15.0 Å². The van der Waals surface area contributed by atoms with E-state index in [1.807, 2.05) is 36.4 Å². The quantitative estimate of drug-likeness (QED) is 0.414. The third kappa shape index (κ3) is 7.94. The van der Waals surface area contributed by atoms with Crippen LogP contribution in [0.2, 0.25) is 10.0 Å². The summed E-state index contributed by atoms with van der Waals surface area (Å²) >= 11 is 12.2. The third-order valence-electron chi connectivity index (χ3n) is 6.00. The van der Waals surface area contributed by atoms with E-state index in [-0.39, 0.29) is 30.8 Å². The van der Waals surface area contributed by atoms with Crippen LogP contribution in [0, 0.1) is 0 Å². The zero-order valence-corrected chi connectivity index (χ0v) is 20.6. The van der Waals surface area contributed by atoms with Gasteiger partial charge in [-0.05, 0) is 56.0 Å². The number of amides is 2. The lowest BCUT2D eigenvalue weighted by atomic mass is 9.95. The lowest BCUT2D eigenvalue weighted by molar-refractivity contribution is -0.141. The van der Waals surface area contributed by atoms with Crippen LogP contribution < -0.4 is 10.1 Å². The number of ether oxygens (including phenoxy) is 1. The Hall–Kier alpha value is -2.24. The molecular formula is C26H32Cl2N2O3. The van der Waals surface area contributed by atoms with Crippen molar-refractivity contribution in [2.24, 2.45) is 0 Å². The van der Waals surface area contributed by atoms with Gasteiger partial charge in [0, 0.05) is 19.0 Å². The number of hydrogen-bond acceptors (Lipinski definition) is 3. The highest BCUT2D eigenvalue weighted by Crippen LogP contribution is 2.24. The van der Waals surface area contributed by atoms with Crippen LogP contribution in [0.4, 0.5) is 0 Å². The first-order valence-corrected chi connectivity index (χ1v) is 12.4. The van der Waals surface area contributed by atoms with E-state index in [0.29, 0.717) is 23.1 Å². The summed E-state index contributed by atoms with van der Waals surface area (Å²) < 4.78 is 5.71. The fraction of sp³-hybridized carbons (Fsp3) is 0.462. The van der Waals surface area contributed by atoms with Crippen LogP contribution in [0.5, 0.6) is 5.75 Å². The van der Waals surface area contributed by atoms with Gasteiger partial charge in [0.25, 0.3) is 0 Å². The topological polar surface area (TPSA) is 58.6 Å². The maximum absolute atomic E-state index is 13.2. The zero-order valence-electron chi connectivity index (χ0n) is 19.1. The Morgan fingerprint density at radius 3 is 2.48 bits per heavy atom. The van der Waals surface area contributed by atoms with E-state index in [9.17, 15) is 9.59 Å². The molecule has 0 aromatic heterocycles. The van der Waals surface area contributed by atoms with Gasteiger partial charge in [0.1, 0.15) is 11.8 Å². The van der Waals surface area contributed by atoms with Gasteiger partial charge >= 0.3 is 0 Å². The lowest BCUT2D eigenvalue weighted by Gasteiger charge is -2.31. The molecule has 1 fully saturated rings. The highest BCUT2D eigenvalue weighted by atomic mass is 35.5. The summed E-state index contributed by atoms with van der Waals surface area (Å²) in [6.45, 7) is 2.50. The fourth-order valence-corrected chi connectivity index (χ4v) is 4.38. The molecule has 0 bridgehead atoms. The van der Waals surface area contributed by atoms with Gasteiger partial charge in [-0.3, -0.25) is 9.59 Å². The number of nitrogens with zero attached hydrogens (tertiary/aromatic N) is 1. The average Bonchev–Trinajstić information content (AvgIpc) is 2.83. The fourth-order valence-electron chi connectivity index (χ4n) is 4.06. The Balaban J connectivity index is 1.63. The van der Waals surface area contributed by atoms with E-state index < -0.39 is 6.04 Å². The molecule has 33 heavy (non-hydrogen) atoms. The Bertz CT molecular complexity index is 917. The highest BCUT2D eigenvalue weighted by molar-refractivity contribution is 6.42. The smallest absolute Gasteiger partial charge is 0.242 e. The van der Waals surface area contributed by atoms with Crippen molar-refractivity contribution in [1.82, 2.24) is 10.2 Å². The molecule has 0 unspecified atom stereocenters. The van der Waals surface area contributed by atoms with Crippen LogP contribution in [0.15, 0.2) is 48.5 Å². The standard InChI is InChI=1S/C26H32Cl2N2O3/c1-19(26(32)29-21-9-4-2-5-10-21)30(18-20-14-15-23(27)24(28)17-20)25(31)13-8-16-33-22-11-6-3-7-12-22/h3,6-7,11-12,14-15,17,19,21H,2,4-5,8-10,13,16,18H2,1H3,(H,29,32)/t19-/m1/s1. The molecule has 1 atom stereocenters. The Kier molecular flexibility index (Phi) is 9.89.